The molecule has 1 fully saturated rings. The molecule has 20 heavy (non-hydrogen) atoms. The summed E-state index contributed by atoms with van der Waals surface area (Å²) in [7, 11) is 0. The van der Waals surface area contributed by atoms with Crippen molar-refractivity contribution in [3.05, 3.63) is 0 Å². The van der Waals surface area contributed by atoms with E-state index in [0.29, 0.717) is 0 Å². The Morgan fingerprint density at radius 3 is 0.900 bits per heavy atom. The van der Waals surface area contributed by atoms with Gasteiger partial charge in [-0.15, -0.1) is 0 Å². The van der Waals surface area contributed by atoms with Gasteiger partial charge in [-0.1, -0.05) is 87.0 Å². The van der Waals surface area contributed by atoms with Gasteiger partial charge >= 0.3 is 0 Å². The van der Waals surface area contributed by atoms with Crippen LogP contribution in [-0.2, 0) is 0 Å². The van der Waals surface area contributed by atoms with Gasteiger partial charge in [-0.2, -0.15) is 0 Å². The summed E-state index contributed by atoms with van der Waals surface area (Å²) in [5.41, 5.74) is 0. The van der Waals surface area contributed by atoms with E-state index in [1.54, 1.807) is 0 Å². The molecule has 124 valence electrons. The van der Waals surface area contributed by atoms with Crippen molar-refractivity contribution in [1.29, 1.82) is 0 Å². The van der Waals surface area contributed by atoms with E-state index in [1.807, 2.05) is 0 Å². The molecule has 0 bridgehead atoms. The third kappa shape index (κ3) is 36.3. The van der Waals surface area contributed by atoms with Crippen molar-refractivity contribution in [2.45, 2.75) is 99.8 Å². The van der Waals surface area contributed by atoms with E-state index >= 15 is 0 Å². The summed E-state index contributed by atoms with van der Waals surface area (Å²) in [6.07, 6.45) is 10.8. The van der Waals surface area contributed by atoms with Gasteiger partial charge in [0.25, 0.3) is 0 Å². The van der Waals surface area contributed by atoms with Gasteiger partial charge in [-0.05, 0) is 32.5 Å². The molecule has 0 unspecified atom stereocenters. The van der Waals surface area contributed by atoms with Crippen LogP contribution in [0.15, 0.2) is 0 Å². The molecule has 1 heterocycles. The molecule has 4 radical (unpaired) electrons. The van der Waals surface area contributed by atoms with E-state index in [-0.39, 0.29) is 23.9 Å². The first-order chi connectivity index (χ1) is 9.17. The van der Waals surface area contributed by atoms with Gasteiger partial charge in [0.05, 0.1) is 0 Å². The summed E-state index contributed by atoms with van der Waals surface area (Å²) < 4.78 is 0. The summed E-state index contributed by atoms with van der Waals surface area (Å²) in [5, 5.41) is 0. The minimum Gasteiger partial charge on any atom is -0.304 e. The number of nitrogens with zero attached hydrogens (tertiary/aromatic N) is 1. The summed E-state index contributed by atoms with van der Waals surface area (Å²) in [6.45, 7) is 19.2. The molecule has 0 aliphatic carbocycles. The maximum Gasteiger partial charge on any atom is 0 e. The smallest absolute Gasteiger partial charge is 0 e. The van der Waals surface area contributed by atoms with Crippen LogP contribution in [0.1, 0.15) is 99.8 Å². The molecule has 0 amide bonds. The van der Waals surface area contributed by atoms with Gasteiger partial charge in [-0.3, -0.25) is 0 Å². The van der Waals surface area contributed by atoms with Crippen LogP contribution in [0.25, 0.3) is 0 Å². The molecular formula is C18H43NSn. The first-order valence-electron chi connectivity index (χ1n) is 8.90. The van der Waals surface area contributed by atoms with Crippen LogP contribution in [0.2, 0.25) is 0 Å². The second-order valence-electron chi connectivity index (χ2n) is 5.14. The van der Waals surface area contributed by atoms with Crippen molar-refractivity contribution in [1.82, 2.24) is 4.90 Å². The molecule has 2 heteroatoms. The maximum atomic E-state index is 2.49. The molecule has 1 nitrogen and oxygen atoms in total. The maximum absolute atomic E-state index is 2.49. The van der Waals surface area contributed by atoms with E-state index in [0.717, 1.165) is 0 Å². The van der Waals surface area contributed by atoms with Gasteiger partial charge < -0.3 is 4.90 Å². The summed E-state index contributed by atoms with van der Waals surface area (Å²) in [5.74, 6) is 0. The summed E-state index contributed by atoms with van der Waals surface area (Å²) >= 11 is 0. The Bertz CT molecular complexity index is 96.5. The Hall–Kier alpha value is 0.759. The predicted molar refractivity (Wildman–Crippen MR) is 98.8 cm³/mol. The number of rotatable bonds is 4. The van der Waals surface area contributed by atoms with E-state index in [4.69, 9.17) is 0 Å². The molecule has 1 aliphatic heterocycles. The molecule has 0 atom stereocenters. The van der Waals surface area contributed by atoms with Gasteiger partial charge in [-0.25, -0.2) is 0 Å². The molecule has 0 aromatic rings. The Morgan fingerprint density at radius 2 is 0.800 bits per heavy atom. The second-order valence-corrected chi connectivity index (χ2v) is 5.14. The van der Waals surface area contributed by atoms with E-state index < -0.39 is 0 Å². The van der Waals surface area contributed by atoms with Crippen molar-refractivity contribution in [3.63, 3.8) is 0 Å². The first-order valence-corrected chi connectivity index (χ1v) is 8.90. The Morgan fingerprint density at radius 1 is 0.550 bits per heavy atom. The number of hydrogen-bond acceptors (Lipinski definition) is 1. The molecule has 0 saturated carbocycles. The summed E-state index contributed by atoms with van der Waals surface area (Å²) in [6, 6.07) is 0. The zero-order chi connectivity index (χ0) is 15.4. The molecule has 0 aromatic heterocycles. The monoisotopic (exact) mass is 393 g/mol. The Balaban J connectivity index is -0.0000000881. The quantitative estimate of drug-likeness (QED) is 0.520. The number of hydrogen-bond donors (Lipinski definition) is 0. The minimum absolute atomic E-state index is 0. The van der Waals surface area contributed by atoms with Crippen molar-refractivity contribution < 1.29 is 0 Å². The molecule has 1 aliphatic rings. The van der Waals surface area contributed by atoms with Gasteiger partial charge in [0.15, 0.2) is 0 Å². The van der Waals surface area contributed by atoms with E-state index in [1.165, 1.54) is 71.0 Å². The van der Waals surface area contributed by atoms with Crippen LogP contribution in [0.3, 0.4) is 0 Å². The van der Waals surface area contributed by atoms with Gasteiger partial charge in [0, 0.05) is 23.9 Å². The molecule has 0 aromatic carbocycles. The molecule has 0 N–H and O–H groups in total. The minimum atomic E-state index is 0. The molecule has 1 rings (SSSR count). The third-order valence-corrected chi connectivity index (χ3v) is 3.15. The average molecular weight is 392 g/mol. The fraction of sp³-hybridized carbons (Fsp3) is 1.00. The van der Waals surface area contributed by atoms with Crippen LogP contribution in [0, 0.1) is 0 Å². The van der Waals surface area contributed by atoms with Crippen molar-refractivity contribution >= 4 is 23.9 Å². The van der Waals surface area contributed by atoms with Crippen LogP contribution in [-0.4, -0.2) is 48.4 Å². The van der Waals surface area contributed by atoms with Crippen molar-refractivity contribution in [3.8, 4) is 0 Å². The second kappa shape index (κ2) is 31.9. The topological polar surface area (TPSA) is 3.24 Å². The fourth-order valence-corrected chi connectivity index (χ4v) is 1.10. The van der Waals surface area contributed by atoms with Crippen LogP contribution >= 0.6 is 0 Å². The Labute approximate surface area is 148 Å². The SMILES string of the molecule is CCCC.CCCC.CCCC.CCN1CCCC1.[Sn]. The van der Waals surface area contributed by atoms with Crippen LogP contribution in [0.4, 0.5) is 0 Å². The van der Waals surface area contributed by atoms with E-state index in [2.05, 4.69) is 53.4 Å². The van der Waals surface area contributed by atoms with E-state index in [9.17, 15) is 0 Å². The largest absolute Gasteiger partial charge is 0.304 e. The van der Waals surface area contributed by atoms with Gasteiger partial charge in [0.1, 0.15) is 0 Å². The summed E-state index contributed by atoms with van der Waals surface area (Å²) in [4.78, 5) is 2.49. The van der Waals surface area contributed by atoms with Crippen molar-refractivity contribution in [2.24, 2.45) is 0 Å². The fourth-order valence-electron chi connectivity index (χ4n) is 1.10. The molecular weight excluding hydrogens is 349 g/mol. The molecule has 1 saturated heterocycles. The van der Waals surface area contributed by atoms with Crippen molar-refractivity contribution in [2.75, 3.05) is 19.6 Å². The predicted octanol–water partition coefficient (Wildman–Crippen LogP) is 6.14. The standard InChI is InChI=1S/C6H13N.3C4H10.Sn/c1-2-7-5-3-4-6-7;3*1-3-4-2;/h2-6H2,1H3;3*3-4H2,1-2H3;. The first kappa shape index (κ1) is 28.9. The zero-order valence-electron chi connectivity index (χ0n) is 15.7. The molecule has 0 spiro atoms. The normalized spacial score (nSPS) is 12.8. The van der Waals surface area contributed by atoms with Gasteiger partial charge in [0.2, 0.25) is 0 Å². The zero-order valence-corrected chi connectivity index (χ0v) is 18.6. The average Bonchev–Trinajstić information content (AvgIpc) is 3.01. The Kier molecular flexibility index (Phi) is 46.1. The van der Waals surface area contributed by atoms with Crippen LogP contribution < -0.4 is 0 Å². The number of likely N-dealkylation sites (tertiary alicyclic amines) is 1. The third-order valence-electron chi connectivity index (χ3n) is 3.15. The van der Waals surface area contributed by atoms with Crippen LogP contribution in [0.5, 0.6) is 0 Å². The number of unbranched alkanes of at least 4 members (excludes halogenated alkanes) is 3.